The molecule has 3 amide bonds. The molecule has 0 aromatic heterocycles. The van der Waals surface area contributed by atoms with Crippen molar-refractivity contribution in [3.63, 3.8) is 0 Å². The maximum absolute atomic E-state index is 12.8. The molecule has 1 aliphatic carbocycles. The highest BCUT2D eigenvalue weighted by Gasteiger charge is 2.43. The van der Waals surface area contributed by atoms with Gasteiger partial charge in [0.15, 0.2) is 0 Å². The maximum Gasteiger partial charge on any atom is 0.318 e. The Bertz CT molecular complexity index is 643. The second-order valence-corrected chi connectivity index (χ2v) is 7.20. The van der Waals surface area contributed by atoms with Gasteiger partial charge >= 0.3 is 6.03 Å². The highest BCUT2D eigenvalue weighted by Crippen LogP contribution is 2.48. The van der Waals surface area contributed by atoms with Gasteiger partial charge in [-0.15, -0.1) is 0 Å². The highest BCUT2D eigenvalue weighted by molar-refractivity contribution is 5.89. The lowest BCUT2D eigenvalue weighted by Crippen LogP contribution is -2.55. The fourth-order valence-corrected chi connectivity index (χ4v) is 3.43. The van der Waals surface area contributed by atoms with E-state index in [1.807, 2.05) is 31.2 Å². The van der Waals surface area contributed by atoms with Gasteiger partial charge in [0.05, 0.1) is 0 Å². The second kappa shape index (κ2) is 7.44. The van der Waals surface area contributed by atoms with Crippen molar-refractivity contribution in [1.29, 1.82) is 0 Å². The summed E-state index contributed by atoms with van der Waals surface area (Å²) in [5.41, 5.74) is 2.11. The average Bonchev–Trinajstić information content (AvgIpc) is 3.38. The molecular weight excluding hydrogens is 318 g/mol. The minimum atomic E-state index is -0.567. The van der Waals surface area contributed by atoms with Gasteiger partial charge in [-0.1, -0.05) is 29.8 Å². The van der Waals surface area contributed by atoms with E-state index in [0.29, 0.717) is 26.2 Å². The minimum absolute atomic E-state index is 0.118. The van der Waals surface area contributed by atoms with Crippen LogP contribution < -0.4 is 10.6 Å². The van der Waals surface area contributed by atoms with Gasteiger partial charge < -0.3 is 20.3 Å². The van der Waals surface area contributed by atoms with Crippen molar-refractivity contribution < 1.29 is 14.3 Å². The molecule has 0 bridgehead atoms. The number of aryl methyl sites for hydroxylation is 1. The molecule has 1 atom stereocenters. The molecule has 1 heterocycles. The molecule has 6 nitrogen and oxygen atoms in total. The number of hydrogen-bond acceptors (Lipinski definition) is 3. The van der Waals surface area contributed by atoms with Gasteiger partial charge in [-0.3, -0.25) is 4.79 Å². The number of carbonyl (C=O) groups excluding carboxylic acids is 2. The topological polar surface area (TPSA) is 70.7 Å². The fourth-order valence-electron chi connectivity index (χ4n) is 3.43. The number of rotatable bonds is 6. The van der Waals surface area contributed by atoms with Gasteiger partial charge in [0.25, 0.3) is 0 Å². The summed E-state index contributed by atoms with van der Waals surface area (Å²) in [6.45, 7) is 4.35. The predicted octanol–water partition coefficient (Wildman–Crippen LogP) is 1.99. The van der Waals surface area contributed by atoms with E-state index in [9.17, 15) is 9.59 Å². The van der Waals surface area contributed by atoms with Crippen LogP contribution in [-0.2, 0) is 9.53 Å². The lowest BCUT2D eigenvalue weighted by molar-refractivity contribution is -0.127. The number of nitrogens with zero attached hydrogens (tertiary/aromatic N) is 1. The van der Waals surface area contributed by atoms with Crippen LogP contribution in [0.15, 0.2) is 24.3 Å². The summed E-state index contributed by atoms with van der Waals surface area (Å²) >= 11 is 0. The van der Waals surface area contributed by atoms with Gasteiger partial charge in [0.2, 0.25) is 5.91 Å². The smallest absolute Gasteiger partial charge is 0.318 e. The van der Waals surface area contributed by atoms with Gasteiger partial charge in [-0.2, -0.15) is 0 Å². The highest BCUT2D eigenvalue weighted by atomic mass is 16.5. The van der Waals surface area contributed by atoms with Crippen molar-refractivity contribution in [2.24, 2.45) is 5.41 Å². The van der Waals surface area contributed by atoms with Crippen molar-refractivity contribution in [2.45, 2.75) is 32.2 Å². The summed E-state index contributed by atoms with van der Waals surface area (Å²) in [5, 5.41) is 5.92. The van der Waals surface area contributed by atoms with Gasteiger partial charge in [0, 0.05) is 33.4 Å². The van der Waals surface area contributed by atoms with Crippen LogP contribution in [-0.4, -0.2) is 50.2 Å². The van der Waals surface area contributed by atoms with Crippen LogP contribution in [0.25, 0.3) is 0 Å². The zero-order chi connectivity index (χ0) is 17.9. The number of methoxy groups -OCH3 is 1. The largest absolute Gasteiger partial charge is 0.385 e. The summed E-state index contributed by atoms with van der Waals surface area (Å²) in [6, 6.07) is 7.06. The van der Waals surface area contributed by atoms with E-state index in [2.05, 4.69) is 10.6 Å². The van der Waals surface area contributed by atoms with Crippen molar-refractivity contribution in [3.05, 3.63) is 35.4 Å². The number of amides is 3. The molecule has 2 aliphatic rings. The first-order chi connectivity index (χ1) is 12.0. The Hall–Kier alpha value is -2.08. The van der Waals surface area contributed by atoms with Crippen molar-refractivity contribution in [2.75, 3.05) is 33.4 Å². The summed E-state index contributed by atoms with van der Waals surface area (Å²) in [7, 11) is 1.70. The molecule has 25 heavy (non-hydrogen) atoms. The first kappa shape index (κ1) is 17.7. The monoisotopic (exact) mass is 345 g/mol. The van der Waals surface area contributed by atoms with Gasteiger partial charge in [-0.25, -0.2) is 4.79 Å². The van der Waals surface area contributed by atoms with Crippen LogP contribution in [0.1, 0.15) is 36.4 Å². The normalized spacial score (nSPS) is 21.6. The van der Waals surface area contributed by atoms with E-state index < -0.39 is 6.04 Å². The number of ether oxygens (including phenoxy) is 1. The average molecular weight is 345 g/mol. The third-order valence-electron chi connectivity index (χ3n) is 5.24. The molecule has 1 saturated carbocycles. The van der Waals surface area contributed by atoms with E-state index in [0.717, 1.165) is 30.4 Å². The van der Waals surface area contributed by atoms with Crippen molar-refractivity contribution in [1.82, 2.24) is 15.5 Å². The first-order valence-corrected chi connectivity index (χ1v) is 8.92. The van der Waals surface area contributed by atoms with E-state index in [1.54, 1.807) is 12.0 Å². The quantitative estimate of drug-likeness (QED) is 0.828. The predicted molar refractivity (Wildman–Crippen MR) is 95.2 cm³/mol. The second-order valence-electron chi connectivity index (χ2n) is 7.20. The van der Waals surface area contributed by atoms with E-state index in [1.165, 1.54) is 0 Å². The van der Waals surface area contributed by atoms with Crippen LogP contribution in [0.3, 0.4) is 0 Å². The number of nitrogens with one attached hydrogen (secondary N) is 2. The van der Waals surface area contributed by atoms with Crippen molar-refractivity contribution in [3.8, 4) is 0 Å². The number of benzene rings is 1. The third kappa shape index (κ3) is 4.12. The maximum atomic E-state index is 12.8. The lowest BCUT2D eigenvalue weighted by atomic mass is 10.0. The van der Waals surface area contributed by atoms with Crippen LogP contribution >= 0.6 is 0 Å². The molecule has 1 saturated heterocycles. The Morgan fingerprint density at radius 3 is 2.92 bits per heavy atom. The zero-order valence-corrected chi connectivity index (χ0v) is 15.0. The number of carbonyl (C=O) groups is 2. The van der Waals surface area contributed by atoms with Crippen LogP contribution in [0.2, 0.25) is 0 Å². The Labute approximate surface area is 148 Å². The summed E-state index contributed by atoms with van der Waals surface area (Å²) in [6.07, 6.45) is 3.21. The van der Waals surface area contributed by atoms with Gasteiger partial charge in [-0.05, 0) is 37.2 Å². The number of piperazine rings is 1. The van der Waals surface area contributed by atoms with Gasteiger partial charge in [0.1, 0.15) is 6.04 Å². The molecular formula is C19H27N3O3. The number of urea groups is 1. The SMILES string of the molecule is COCCC1(CNC(=O)N2CCNC(=O)C2c2cccc(C)c2)CC1. The van der Waals surface area contributed by atoms with E-state index in [-0.39, 0.29) is 17.4 Å². The molecule has 1 aromatic rings. The van der Waals surface area contributed by atoms with Crippen LogP contribution in [0, 0.1) is 12.3 Å². The minimum Gasteiger partial charge on any atom is -0.385 e. The Kier molecular flexibility index (Phi) is 5.27. The van der Waals surface area contributed by atoms with Crippen molar-refractivity contribution >= 4 is 11.9 Å². The third-order valence-corrected chi connectivity index (χ3v) is 5.24. The first-order valence-electron chi connectivity index (χ1n) is 8.92. The van der Waals surface area contributed by atoms with E-state index >= 15 is 0 Å². The fraction of sp³-hybridized carbons (Fsp3) is 0.579. The molecule has 0 spiro atoms. The molecule has 1 unspecified atom stereocenters. The van der Waals surface area contributed by atoms with E-state index in [4.69, 9.17) is 4.74 Å². The van der Waals surface area contributed by atoms with Crippen LogP contribution in [0.5, 0.6) is 0 Å². The molecule has 2 N–H and O–H groups in total. The molecule has 0 radical (unpaired) electrons. The molecule has 6 heteroatoms. The molecule has 136 valence electrons. The summed E-state index contributed by atoms with van der Waals surface area (Å²) < 4.78 is 5.16. The Morgan fingerprint density at radius 2 is 2.24 bits per heavy atom. The molecule has 3 rings (SSSR count). The standard InChI is InChI=1S/C19H27N3O3/c1-14-4-3-5-15(12-14)16-17(23)20-9-10-22(16)18(24)21-13-19(6-7-19)8-11-25-2/h3-5,12,16H,6-11,13H2,1-2H3,(H,20,23)(H,21,24). The Balaban J connectivity index is 1.68. The zero-order valence-electron chi connectivity index (χ0n) is 15.0. The molecule has 1 aliphatic heterocycles. The summed E-state index contributed by atoms with van der Waals surface area (Å²) in [4.78, 5) is 26.8. The van der Waals surface area contributed by atoms with Crippen LogP contribution in [0.4, 0.5) is 4.79 Å². The molecule has 1 aromatic carbocycles. The summed E-state index contributed by atoms with van der Waals surface area (Å²) in [5.74, 6) is -0.118. The Morgan fingerprint density at radius 1 is 1.44 bits per heavy atom. The lowest BCUT2D eigenvalue weighted by Gasteiger charge is -2.35. The molecule has 2 fully saturated rings. The number of hydrogen-bond donors (Lipinski definition) is 2.